The monoisotopic (exact) mass is 510 g/mol. The second-order valence-electron chi connectivity index (χ2n) is 6.94. The number of methoxy groups -OCH3 is 2. The third-order valence-corrected chi connectivity index (χ3v) is 5.13. The van der Waals surface area contributed by atoms with Crippen LogP contribution < -0.4 is 14.8 Å². The predicted molar refractivity (Wildman–Crippen MR) is 128 cm³/mol. The maximum Gasteiger partial charge on any atom is 0.194 e. The van der Waals surface area contributed by atoms with Gasteiger partial charge in [-0.1, -0.05) is 0 Å². The Morgan fingerprint density at radius 3 is 2.59 bits per heavy atom. The van der Waals surface area contributed by atoms with Crippen LogP contribution in [0.4, 0.5) is 0 Å². The van der Waals surface area contributed by atoms with Gasteiger partial charge >= 0.3 is 0 Å². The van der Waals surface area contributed by atoms with Crippen molar-refractivity contribution in [1.29, 1.82) is 0 Å². The number of ether oxygens (including phenoxy) is 2. The van der Waals surface area contributed by atoms with Crippen LogP contribution >= 0.6 is 24.0 Å². The topological polar surface area (TPSA) is 59.0 Å². The highest BCUT2D eigenvalue weighted by Crippen LogP contribution is 2.33. The van der Waals surface area contributed by atoms with Crippen LogP contribution in [0.3, 0.4) is 0 Å². The van der Waals surface area contributed by atoms with E-state index in [0.29, 0.717) is 0 Å². The number of pyridine rings is 1. The van der Waals surface area contributed by atoms with Gasteiger partial charge in [0.05, 0.1) is 14.2 Å². The van der Waals surface area contributed by atoms with Crippen LogP contribution in [0.25, 0.3) is 0 Å². The predicted octanol–water partition coefficient (Wildman–Crippen LogP) is 3.59. The quantitative estimate of drug-likeness (QED) is 0.366. The number of aliphatic imine (C=N–C) groups is 1. The van der Waals surface area contributed by atoms with Crippen LogP contribution in [0, 0.1) is 6.92 Å². The fourth-order valence-corrected chi connectivity index (χ4v) is 3.55. The maximum absolute atomic E-state index is 5.48. The number of nitrogens with zero attached hydrogens (tertiary/aromatic N) is 3. The molecule has 3 rings (SSSR count). The summed E-state index contributed by atoms with van der Waals surface area (Å²) in [5.74, 6) is 2.54. The molecule has 0 amide bonds. The highest BCUT2D eigenvalue weighted by Gasteiger charge is 2.21. The number of hydrogen-bond donors (Lipinski definition) is 1. The zero-order valence-corrected chi connectivity index (χ0v) is 20.0. The number of aryl methyl sites for hydroxylation is 1. The molecule has 0 atom stereocenters. The van der Waals surface area contributed by atoms with E-state index in [1.807, 2.05) is 12.4 Å². The fraction of sp³-hybridized carbons (Fsp3) is 0.455. The molecule has 2 aromatic rings. The molecule has 0 saturated carbocycles. The number of guanidine groups is 1. The number of benzene rings is 1. The van der Waals surface area contributed by atoms with Crippen molar-refractivity contribution in [3.63, 3.8) is 0 Å². The molecule has 0 unspecified atom stereocenters. The summed E-state index contributed by atoms with van der Waals surface area (Å²) in [7, 11) is 3.36. The lowest BCUT2D eigenvalue weighted by molar-refractivity contribution is 0.346. The van der Waals surface area contributed by atoms with Gasteiger partial charge in [0.1, 0.15) is 0 Å². The van der Waals surface area contributed by atoms with Crippen molar-refractivity contribution in [2.75, 3.05) is 33.9 Å². The molecule has 7 heteroatoms. The van der Waals surface area contributed by atoms with E-state index >= 15 is 0 Å². The number of aromatic nitrogens is 1. The molecule has 1 aromatic carbocycles. The molecule has 0 bridgehead atoms. The van der Waals surface area contributed by atoms with E-state index in [0.717, 1.165) is 56.5 Å². The van der Waals surface area contributed by atoms with Crippen molar-refractivity contribution in [1.82, 2.24) is 15.2 Å². The standard InChI is InChI=1S/C22H30N4O2.HI/c1-5-24-22(25-10-7-17-6-9-23-14-16(17)2)26-11-8-18-12-20(27-3)21(28-4)13-19(18)15-26;/h6,9,12-14H,5,7-8,10-11,15H2,1-4H3,(H,24,25);1H. The van der Waals surface area contributed by atoms with E-state index < -0.39 is 0 Å². The van der Waals surface area contributed by atoms with Gasteiger partial charge in [0, 0.05) is 38.6 Å². The summed E-state index contributed by atoms with van der Waals surface area (Å²) < 4.78 is 10.9. The molecular weight excluding hydrogens is 479 g/mol. The number of halogens is 1. The average molecular weight is 510 g/mol. The first-order chi connectivity index (χ1) is 13.7. The van der Waals surface area contributed by atoms with Gasteiger partial charge in [0.25, 0.3) is 0 Å². The first-order valence-corrected chi connectivity index (χ1v) is 9.82. The second kappa shape index (κ2) is 11.2. The Kier molecular flexibility index (Phi) is 9.00. The van der Waals surface area contributed by atoms with Crippen LogP contribution in [0.1, 0.15) is 29.2 Å². The van der Waals surface area contributed by atoms with Gasteiger partial charge in [-0.25, -0.2) is 0 Å². The summed E-state index contributed by atoms with van der Waals surface area (Å²) in [6, 6.07) is 6.26. The summed E-state index contributed by atoms with van der Waals surface area (Å²) in [6.07, 6.45) is 5.64. The Hall–Kier alpha value is -2.03. The Labute approximate surface area is 190 Å². The normalized spacial score (nSPS) is 13.4. The summed E-state index contributed by atoms with van der Waals surface area (Å²) in [5, 5.41) is 3.44. The first-order valence-electron chi connectivity index (χ1n) is 9.82. The van der Waals surface area contributed by atoms with Gasteiger partial charge < -0.3 is 19.7 Å². The van der Waals surface area contributed by atoms with Gasteiger partial charge in [-0.15, -0.1) is 24.0 Å². The lowest BCUT2D eigenvalue weighted by Gasteiger charge is -2.32. The molecule has 0 radical (unpaired) electrons. The smallest absolute Gasteiger partial charge is 0.194 e. The minimum atomic E-state index is 0. The van der Waals surface area contributed by atoms with Crippen molar-refractivity contribution in [2.24, 2.45) is 4.99 Å². The van der Waals surface area contributed by atoms with Crippen LogP contribution in [0.2, 0.25) is 0 Å². The summed E-state index contributed by atoms with van der Waals surface area (Å²) >= 11 is 0. The largest absolute Gasteiger partial charge is 0.493 e. The van der Waals surface area contributed by atoms with Crippen molar-refractivity contribution >= 4 is 29.9 Å². The maximum atomic E-state index is 5.48. The van der Waals surface area contributed by atoms with Gasteiger partial charge in [0.2, 0.25) is 0 Å². The van der Waals surface area contributed by atoms with E-state index in [2.05, 4.69) is 47.2 Å². The van der Waals surface area contributed by atoms with E-state index in [4.69, 9.17) is 14.5 Å². The molecule has 1 aliphatic rings. The zero-order chi connectivity index (χ0) is 19.9. The number of rotatable bonds is 6. The Morgan fingerprint density at radius 2 is 1.93 bits per heavy atom. The van der Waals surface area contributed by atoms with Crippen molar-refractivity contribution in [3.05, 3.63) is 52.8 Å². The van der Waals surface area contributed by atoms with Crippen molar-refractivity contribution < 1.29 is 9.47 Å². The average Bonchev–Trinajstić information content (AvgIpc) is 2.73. The van der Waals surface area contributed by atoms with E-state index in [-0.39, 0.29) is 24.0 Å². The molecular formula is C22H31IN4O2. The summed E-state index contributed by atoms with van der Waals surface area (Å²) in [5.41, 5.74) is 5.10. The minimum absolute atomic E-state index is 0. The third-order valence-electron chi connectivity index (χ3n) is 5.13. The molecule has 158 valence electrons. The molecule has 1 aromatic heterocycles. The lowest BCUT2D eigenvalue weighted by Crippen LogP contribution is -2.44. The molecule has 1 aliphatic heterocycles. The minimum Gasteiger partial charge on any atom is -0.493 e. The number of hydrogen-bond acceptors (Lipinski definition) is 4. The number of fused-ring (bicyclic) bond motifs is 1. The van der Waals surface area contributed by atoms with E-state index in [9.17, 15) is 0 Å². The van der Waals surface area contributed by atoms with E-state index in [1.165, 1.54) is 22.3 Å². The Morgan fingerprint density at radius 1 is 1.21 bits per heavy atom. The highest BCUT2D eigenvalue weighted by molar-refractivity contribution is 14.0. The first kappa shape index (κ1) is 23.3. The Balaban J connectivity index is 0.00000300. The third kappa shape index (κ3) is 5.74. The lowest BCUT2D eigenvalue weighted by atomic mass is 9.99. The van der Waals surface area contributed by atoms with Crippen molar-refractivity contribution in [3.8, 4) is 11.5 Å². The molecule has 1 N–H and O–H groups in total. The van der Waals surface area contributed by atoms with Crippen molar-refractivity contribution in [2.45, 2.75) is 33.2 Å². The SMILES string of the molecule is CCNC(=NCCc1ccncc1C)N1CCc2cc(OC)c(OC)cc2C1.I. The summed E-state index contributed by atoms with van der Waals surface area (Å²) in [6.45, 7) is 7.55. The van der Waals surface area contributed by atoms with Gasteiger partial charge in [-0.05, 0) is 67.1 Å². The van der Waals surface area contributed by atoms with Crippen LogP contribution in [0.5, 0.6) is 11.5 Å². The van der Waals surface area contributed by atoms with Gasteiger partial charge in [-0.3, -0.25) is 9.98 Å². The van der Waals surface area contributed by atoms with Crippen LogP contribution in [-0.2, 0) is 19.4 Å². The molecule has 6 nitrogen and oxygen atoms in total. The molecule has 0 spiro atoms. The summed E-state index contributed by atoms with van der Waals surface area (Å²) in [4.78, 5) is 11.4. The molecule has 2 heterocycles. The van der Waals surface area contributed by atoms with Crippen LogP contribution in [-0.4, -0.2) is 49.7 Å². The molecule has 29 heavy (non-hydrogen) atoms. The molecule has 0 aliphatic carbocycles. The van der Waals surface area contributed by atoms with Gasteiger partial charge in [0.15, 0.2) is 17.5 Å². The molecule has 0 fully saturated rings. The van der Waals surface area contributed by atoms with Crippen LogP contribution in [0.15, 0.2) is 35.6 Å². The van der Waals surface area contributed by atoms with E-state index in [1.54, 1.807) is 14.2 Å². The fourth-order valence-electron chi connectivity index (χ4n) is 3.55. The van der Waals surface area contributed by atoms with Gasteiger partial charge in [-0.2, -0.15) is 0 Å². The second-order valence-corrected chi connectivity index (χ2v) is 6.94. The zero-order valence-electron chi connectivity index (χ0n) is 17.7. The number of nitrogens with one attached hydrogen (secondary N) is 1. The highest BCUT2D eigenvalue weighted by atomic mass is 127. The molecule has 0 saturated heterocycles. The Bertz CT molecular complexity index is 842.